The number of carbonyl (C=O) groups excluding carboxylic acids is 1. The van der Waals surface area contributed by atoms with Gasteiger partial charge < -0.3 is 10.4 Å². The zero-order valence-corrected chi connectivity index (χ0v) is 13.7. The van der Waals surface area contributed by atoms with E-state index in [4.69, 9.17) is 23.2 Å². The zero-order chi connectivity index (χ0) is 16.8. The number of halogens is 2. The van der Waals surface area contributed by atoms with E-state index in [-0.39, 0.29) is 17.5 Å². The van der Waals surface area contributed by atoms with Crippen molar-refractivity contribution in [1.29, 1.82) is 0 Å². The van der Waals surface area contributed by atoms with Crippen LogP contribution in [-0.2, 0) is 10.2 Å². The van der Waals surface area contributed by atoms with E-state index in [0.717, 1.165) is 5.57 Å². The summed E-state index contributed by atoms with van der Waals surface area (Å²) in [5.74, 6) is -1.32. The quantitative estimate of drug-likeness (QED) is 0.859. The molecule has 0 spiro atoms. The monoisotopic (exact) mass is 349 g/mol. The number of rotatable bonds is 2. The van der Waals surface area contributed by atoms with Crippen molar-refractivity contribution in [2.24, 2.45) is 0 Å². The van der Waals surface area contributed by atoms with Crippen molar-refractivity contribution in [2.75, 3.05) is 0 Å². The van der Waals surface area contributed by atoms with E-state index >= 15 is 0 Å². The predicted molar refractivity (Wildman–Crippen MR) is 88.9 cm³/mol. The van der Waals surface area contributed by atoms with Crippen LogP contribution in [-0.4, -0.2) is 23.0 Å². The van der Waals surface area contributed by atoms with Crippen LogP contribution in [0.25, 0.3) is 0 Å². The lowest BCUT2D eigenvalue weighted by molar-refractivity contribution is -0.123. The molecule has 23 heavy (non-hydrogen) atoms. The van der Waals surface area contributed by atoms with Gasteiger partial charge in [0.25, 0.3) is 0 Å². The van der Waals surface area contributed by atoms with Gasteiger partial charge in [-0.2, -0.15) is 0 Å². The molecule has 118 valence electrons. The molecule has 6 heteroatoms. The first-order valence-corrected chi connectivity index (χ1v) is 7.70. The number of hydrogen-bond acceptors (Lipinski definition) is 2. The predicted octanol–water partition coefficient (Wildman–Crippen LogP) is 3.41. The average Bonchev–Trinajstić information content (AvgIpc) is 2.63. The van der Waals surface area contributed by atoms with Gasteiger partial charge in [0.15, 0.2) is 0 Å². The van der Waals surface area contributed by atoms with Crippen molar-refractivity contribution in [3.05, 3.63) is 69.3 Å². The molecule has 0 bridgehead atoms. The number of carboxylic acids is 1. The van der Waals surface area contributed by atoms with Crippen molar-refractivity contribution < 1.29 is 14.7 Å². The first-order valence-electron chi connectivity index (χ1n) is 6.94. The van der Waals surface area contributed by atoms with Crippen LogP contribution < -0.4 is 5.32 Å². The van der Waals surface area contributed by atoms with Gasteiger partial charge in [0, 0.05) is 10.1 Å². The summed E-state index contributed by atoms with van der Waals surface area (Å²) in [4.78, 5) is 23.9. The number of allylic oxidation sites excluding steroid dienone is 4. The summed E-state index contributed by atoms with van der Waals surface area (Å²) in [5.41, 5.74) is 0.177. The van der Waals surface area contributed by atoms with Crippen molar-refractivity contribution in [3.63, 3.8) is 0 Å². The Kier molecular flexibility index (Phi) is 3.82. The third-order valence-electron chi connectivity index (χ3n) is 4.26. The highest BCUT2D eigenvalue weighted by atomic mass is 35.5. The van der Waals surface area contributed by atoms with Crippen molar-refractivity contribution in [1.82, 2.24) is 5.32 Å². The summed E-state index contributed by atoms with van der Waals surface area (Å²) < 4.78 is 0. The van der Waals surface area contributed by atoms with E-state index in [0.29, 0.717) is 15.6 Å². The van der Waals surface area contributed by atoms with E-state index in [1.807, 2.05) is 6.08 Å². The van der Waals surface area contributed by atoms with Gasteiger partial charge >= 0.3 is 5.97 Å². The molecule has 1 heterocycles. The topological polar surface area (TPSA) is 66.4 Å². The van der Waals surface area contributed by atoms with Gasteiger partial charge in [-0.05, 0) is 48.4 Å². The van der Waals surface area contributed by atoms with Gasteiger partial charge in [0.05, 0.1) is 17.0 Å². The number of aromatic carboxylic acids is 1. The second-order valence-corrected chi connectivity index (χ2v) is 6.46. The molecule has 0 aromatic heterocycles. The van der Waals surface area contributed by atoms with Crippen LogP contribution in [0.15, 0.2) is 53.1 Å². The Morgan fingerprint density at radius 3 is 2.78 bits per heavy atom. The number of amides is 1. The molecule has 1 amide bonds. The molecule has 1 unspecified atom stereocenters. The number of fused-ring (bicyclic) bond motifs is 1. The Bertz CT molecular complexity index is 810. The summed E-state index contributed by atoms with van der Waals surface area (Å²) >= 11 is 12.4. The number of carbonyl (C=O) groups is 2. The molecular formula is C17H13Cl2NO3. The molecule has 2 N–H and O–H groups in total. The van der Waals surface area contributed by atoms with Crippen LogP contribution >= 0.6 is 23.2 Å². The molecule has 1 saturated heterocycles. The summed E-state index contributed by atoms with van der Waals surface area (Å²) in [5, 5.41) is 12.9. The molecule has 4 nitrogen and oxygen atoms in total. The number of benzene rings is 1. The maximum Gasteiger partial charge on any atom is 0.335 e. The molecule has 1 aromatic rings. The summed E-state index contributed by atoms with van der Waals surface area (Å²) in [6, 6.07) is 4.05. The van der Waals surface area contributed by atoms with Gasteiger partial charge in [-0.3, -0.25) is 4.79 Å². The van der Waals surface area contributed by atoms with Gasteiger partial charge in [-0.25, -0.2) is 4.79 Å². The minimum atomic E-state index is -1.09. The Hall–Kier alpha value is -2.04. The van der Waals surface area contributed by atoms with E-state index < -0.39 is 11.4 Å². The van der Waals surface area contributed by atoms with Crippen LogP contribution in [0.4, 0.5) is 0 Å². The molecule has 1 aliphatic carbocycles. The second kappa shape index (κ2) is 5.55. The number of carboxylic acid groups (broad SMARTS) is 1. The van der Waals surface area contributed by atoms with E-state index in [1.54, 1.807) is 25.2 Å². The lowest BCUT2D eigenvalue weighted by atomic mass is 9.75. The van der Waals surface area contributed by atoms with E-state index in [1.165, 1.54) is 18.2 Å². The van der Waals surface area contributed by atoms with Crippen LogP contribution in [0.2, 0.25) is 5.02 Å². The zero-order valence-electron chi connectivity index (χ0n) is 12.1. The van der Waals surface area contributed by atoms with Gasteiger partial charge in [-0.1, -0.05) is 35.4 Å². The maximum absolute atomic E-state index is 12.7. The summed E-state index contributed by atoms with van der Waals surface area (Å²) in [7, 11) is 0. The third-order valence-corrected chi connectivity index (χ3v) is 4.82. The number of nitrogens with one attached hydrogen (secondary N) is 1. The van der Waals surface area contributed by atoms with Gasteiger partial charge in [0.1, 0.15) is 0 Å². The Balaban J connectivity index is 2.23. The fourth-order valence-corrected chi connectivity index (χ4v) is 3.46. The highest BCUT2D eigenvalue weighted by Crippen LogP contribution is 2.43. The minimum absolute atomic E-state index is 0.0771. The Morgan fingerprint density at radius 2 is 2.09 bits per heavy atom. The summed E-state index contributed by atoms with van der Waals surface area (Å²) in [6.07, 6.45) is 7.07. The fourth-order valence-electron chi connectivity index (χ4n) is 2.97. The molecule has 1 aromatic carbocycles. The Labute approximate surface area is 143 Å². The van der Waals surface area contributed by atoms with Gasteiger partial charge in [-0.15, -0.1) is 0 Å². The molecule has 0 saturated carbocycles. The first-order chi connectivity index (χ1) is 10.8. The number of hydrogen-bond donors (Lipinski definition) is 2. The van der Waals surface area contributed by atoms with E-state index in [2.05, 4.69) is 5.32 Å². The van der Waals surface area contributed by atoms with Crippen LogP contribution in [0.5, 0.6) is 0 Å². The molecule has 1 fully saturated rings. The SMILES string of the molecule is C[C@@]1(c2cc(C(=O)O)ccc2Cl)C(=O)NC2C=CC=C(Cl)C=C21. The lowest BCUT2D eigenvalue weighted by Crippen LogP contribution is -2.34. The smallest absolute Gasteiger partial charge is 0.335 e. The average molecular weight is 350 g/mol. The highest BCUT2D eigenvalue weighted by Gasteiger charge is 2.49. The van der Waals surface area contributed by atoms with Crippen LogP contribution in [0.3, 0.4) is 0 Å². The molecule has 0 radical (unpaired) electrons. The first kappa shape index (κ1) is 15.8. The molecule has 2 atom stereocenters. The molecule has 1 aliphatic heterocycles. The van der Waals surface area contributed by atoms with Crippen LogP contribution in [0.1, 0.15) is 22.8 Å². The molecule has 3 rings (SSSR count). The van der Waals surface area contributed by atoms with Gasteiger partial charge in [0.2, 0.25) is 5.91 Å². The third kappa shape index (κ3) is 2.48. The van der Waals surface area contributed by atoms with Crippen LogP contribution in [0, 0.1) is 0 Å². The summed E-state index contributed by atoms with van der Waals surface area (Å²) in [6.45, 7) is 1.73. The van der Waals surface area contributed by atoms with Crippen molar-refractivity contribution in [2.45, 2.75) is 18.4 Å². The Morgan fingerprint density at radius 1 is 1.35 bits per heavy atom. The highest BCUT2D eigenvalue weighted by molar-refractivity contribution is 6.32. The van der Waals surface area contributed by atoms with Crippen molar-refractivity contribution in [3.8, 4) is 0 Å². The second-order valence-electron chi connectivity index (χ2n) is 5.61. The molecular weight excluding hydrogens is 337 g/mol. The minimum Gasteiger partial charge on any atom is -0.478 e. The normalized spacial score (nSPS) is 26.0. The molecule has 2 aliphatic rings. The fraction of sp³-hybridized carbons (Fsp3) is 0.176. The lowest BCUT2D eigenvalue weighted by Gasteiger charge is -2.26. The standard InChI is InChI=1S/C17H13Cl2NO3/c1-17(11-7-9(15(21)22)5-6-13(11)19)12-8-10(18)3-2-4-14(12)20-16(17)23/h2-8,14H,1H3,(H,20,23)(H,21,22)/t14?,17-/m0/s1. The van der Waals surface area contributed by atoms with E-state index in [9.17, 15) is 14.7 Å². The van der Waals surface area contributed by atoms with Crippen molar-refractivity contribution >= 4 is 35.1 Å². The largest absolute Gasteiger partial charge is 0.478 e. The maximum atomic E-state index is 12.7.